The van der Waals surface area contributed by atoms with Crippen molar-refractivity contribution in [1.82, 2.24) is 0 Å². The normalized spacial score (nSPS) is 11.2. The first-order valence-corrected chi connectivity index (χ1v) is 10.1. The lowest BCUT2D eigenvalue weighted by molar-refractivity contribution is 0.0695. The van der Waals surface area contributed by atoms with Gasteiger partial charge in [0.2, 0.25) is 0 Å². The standard InChI is InChI=1S/C21H17F2NO4S/c22-16-9-12-20(19(23)13-16)29(27,28)24-17-10-6-14(7-11-17)5-8-15-3-1-2-4-18(15)21(25)26/h1-4,6-7,9-13,24H,5,8H2,(H,25,26). The molecule has 0 saturated heterocycles. The molecule has 0 aromatic heterocycles. The number of sulfonamides is 1. The SMILES string of the molecule is O=C(O)c1ccccc1CCc1ccc(NS(=O)(=O)c2ccc(F)cc2F)cc1. The average molecular weight is 417 g/mol. The molecule has 150 valence electrons. The van der Waals surface area contributed by atoms with Crippen LogP contribution in [0.1, 0.15) is 21.5 Å². The first-order chi connectivity index (χ1) is 13.8. The fourth-order valence-corrected chi connectivity index (χ4v) is 3.99. The van der Waals surface area contributed by atoms with E-state index in [9.17, 15) is 27.1 Å². The first-order valence-electron chi connectivity index (χ1n) is 8.64. The summed E-state index contributed by atoms with van der Waals surface area (Å²) in [4.78, 5) is 10.6. The second-order valence-corrected chi connectivity index (χ2v) is 7.99. The summed E-state index contributed by atoms with van der Waals surface area (Å²) in [5.41, 5.74) is 2.05. The Morgan fingerprint density at radius 2 is 1.62 bits per heavy atom. The van der Waals surface area contributed by atoms with Crippen molar-refractivity contribution in [3.8, 4) is 0 Å². The van der Waals surface area contributed by atoms with Crippen molar-refractivity contribution in [3.63, 3.8) is 0 Å². The van der Waals surface area contributed by atoms with Crippen LogP contribution in [0.15, 0.2) is 71.6 Å². The fraction of sp³-hybridized carbons (Fsp3) is 0.0952. The summed E-state index contributed by atoms with van der Waals surface area (Å²) in [7, 11) is -4.20. The summed E-state index contributed by atoms with van der Waals surface area (Å²) in [5, 5.41) is 9.22. The van der Waals surface area contributed by atoms with Gasteiger partial charge in [-0.05, 0) is 54.3 Å². The number of hydrogen-bond acceptors (Lipinski definition) is 3. The van der Waals surface area contributed by atoms with Crippen LogP contribution in [0.5, 0.6) is 0 Å². The number of rotatable bonds is 7. The number of aromatic carboxylic acids is 1. The van der Waals surface area contributed by atoms with E-state index in [1.54, 1.807) is 36.4 Å². The number of carboxylic acids is 1. The minimum Gasteiger partial charge on any atom is -0.478 e. The van der Waals surface area contributed by atoms with Crippen LogP contribution in [-0.4, -0.2) is 19.5 Å². The molecule has 0 bridgehead atoms. The molecule has 2 N–H and O–H groups in total. The van der Waals surface area contributed by atoms with E-state index in [0.29, 0.717) is 24.5 Å². The van der Waals surface area contributed by atoms with Crippen LogP contribution in [0.4, 0.5) is 14.5 Å². The number of carboxylic acid groups (broad SMARTS) is 1. The number of hydrogen-bond donors (Lipinski definition) is 2. The third-order valence-electron chi connectivity index (χ3n) is 4.32. The second-order valence-electron chi connectivity index (χ2n) is 6.34. The Morgan fingerprint density at radius 3 is 2.28 bits per heavy atom. The fourth-order valence-electron chi connectivity index (χ4n) is 2.87. The van der Waals surface area contributed by atoms with Crippen molar-refractivity contribution in [2.24, 2.45) is 0 Å². The van der Waals surface area contributed by atoms with Gasteiger partial charge in [-0.15, -0.1) is 0 Å². The molecule has 0 aliphatic carbocycles. The molecule has 0 aliphatic heterocycles. The zero-order valence-electron chi connectivity index (χ0n) is 15.1. The number of nitrogens with one attached hydrogen (secondary N) is 1. The molecule has 0 spiro atoms. The lowest BCUT2D eigenvalue weighted by Gasteiger charge is -2.10. The summed E-state index contributed by atoms with van der Waals surface area (Å²) in [6.07, 6.45) is 1.07. The highest BCUT2D eigenvalue weighted by Crippen LogP contribution is 2.21. The maximum Gasteiger partial charge on any atom is 0.335 e. The maximum atomic E-state index is 13.8. The van der Waals surface area contributed by atoms with Crippen LogP contribution in [0, 0.1) is 11.6 Å². The van der Waals surface area contributed by atoms with Crippen LogP contribution < -0.4 is 4.72 Å². The van der Waals surface area contributed by atoms with E-state index in [2.05, 4.69) is 4.72 Å². The van der Waals surface area contributed by atoms with Gasteiger partial charge < -0.3 is 5.11 Å². The van der Waals surface area contributed by atoms with Gasteiger partial charge in [-0.1, -0.05) is 30.3 Å². The van der Waals surface area contributed by atoms with E-state index in [1.165, 1.54) is 12.1 Å². The number of carbonyl (C=O) groups is 1. The summed E-state index contributed by atoms with van der Waals surface area (Å²) in [6.45, 7) is 0. The molecule has 3 aromatic carbocycles. The van der Waals surface area contributed by atoms with Crippen molar-refractivity contribution in [2.45, 2.75) is 17.7 Å². The van der Waals surface area contributed by atoms with E-state index >= 15 is 0 Å². The average Bonchev–Trinajstić information content (AvgIpc) is 2.67. The smallest absolute Gasteiger partial charge is 0.335 e. The van der Waals surface area contributed by atoms with Crippen LogP contribution >= 0.6 is 0 Å². The van der Waals surface area contributed by atoms with Crippen LogP contribution in [0.25, 0.3) is 0 Å². The number of halogens is 2. The monoisotopic (exact) mass is 417 g/mol. The Kier molecular flexibility index (Phi) is 5.93. The second kappa shape index (κ2) is 8.40. The van der Waals surface area contributed by atoms with Gasteiger partial charge >= 0.3 is 5.97 Å². The Morgan fingerprint density at radius 1 is 0.931 bits per heavy atom. The zero-order chi connectivity index (χ0) is 21.0. The molecule has 8 heteroatoms. The predicted octanol–water partition coefficient (Wildman–Crippen LogP) is 4.25. The van der Waals surface area contributed by atoms with E-state index in [4.69, 9.17) is 0 Å². The third-order valence-corrected chi connectivity index (χ3v) is 5.73. The van der Waals surface area contributed by atoms with Crippen molar-refractivity contribution in [3.05, 3.63) is 95.1 Å². The largest absolute Gasteiger partial charge is 0.478 e. The van der Waals surface area contributed by atoms with Gasteiger partial charge in [0.15, 0.2) is 0 Å². The maximum absolute atomic E-state index is 13.8. The van der Waals surface area contributed by atoms with E-state index < -0.39 is 32.5 Å². The molecular formula is C21H17F2NO4S. The van der Waals surface area contributed by atoms with Gasteiger partial charge in [0.1, 0.15) is 16.5 Å². The number of benzene rings is 3. The summed E-state index contributed by atoms with van der Waals surface area (Å²) < 4.78 is 53.6. The molecule has 0 radical (unpaired) electrons. The van der Waals surface area contributed by atoms with Crippen molar-refractivity contribution in [2.75, 3.05) is 4.72 Å². The molecule has 0 atom stereocenters. The van der Waals surface area contributed by atoms with Crippen LogP contribution in [-0.2, 0) is 22.9 Å². The molecule has 0 unspecified atom stereocenters. The highest BCUT2D eigenvalue weighted by molar-refractivity contribution is 7.92. The minimum absolute atomic E-state index is 0.225. The van der Waals surface area contributed by atoms with E-state index in [0.717, 1.165) is 17.7 Å². The van der Waals surface area contributed by atoms with Gasteiger partial charge in [0.05, 0.1) is 5.56 Å². The highest BCUT2D eigenvalue weighted by atomic mass is 32.2. The van der Waals surface area contributed by atoms with Gasteiger partial charge in [-0.3, -0.25) is 4.72 Å². The third kappa shape index (κ3) is 4.97. The van der Waals surface area contributed by atoms with Crippen molar-refractivity contribution >= 4 is 21.7 Å². The summed E-state index contributed by atoms with van der Waals surface area (Å²) in [5.74, 6) is -3.03. The Hall–Kier alpha value is -3.26. The molecule has 0 aliphatic rings. The van der Waals surface area contributed by atoms with Crippen LogP contribution in [0.3, 0.4) is 0 Å². The van der Waals surface area contributed by atoms with Gasteiger partial charge in [-0.2, -0.15) is 0 Å². The van der Waals surface area contributed by atoms with Crippen LogP contribution in [0.2, 0.25) is 0 Å². The molecule has 0 amide bonds. The first kappa shape index (κ1) is 20.5. The van der Waals surface area contributed by atoms with E-state index in [-0.39, 0.29) is 11.3 Å². The summed E-state index contributed by atoms with van der Waals surface area (Å²) >= 11 is 0. The van der Waals surface area contributed by atoms with Crippen molar-refractivity contribution < 1.29 is 27.1 Å². The molecule has 0 fully saturated rings. The number of aryl methyl sites for hydroxylation is 2. The number of anilines is 1. The topological polar surface area (TPSA) is 83.5 Å². The molecule has 29 heavy (non-hydrogen) atoms. The Bertz CT molecular complexity index is 1150. The Balaban J connectivity index is 1.70. The highest BCUT2D eigenvalue weighted by Gasteiger charge is 2.19. The zero-order valence-corrected chi connectivity index (χ0v) is 15.9. The minimum atomic E-state index is -4.20. The quantitative estimate of drug-likeness (QED) is 0.602. The predicted molar refractivity (Wildman–Crippen MR) is 104 cm³/mol. The van der Waals surface area contributed by atoms with Crippen molar-refractivity contribution in [1.29, 1.82) is 0 Å². The summed E-state index contributed by atoms with van der Waals surface area (Å²) in [6, 6.07) is 15.4. The van der Waals surface area contributed by atoms with Gasteiger partial charge in [-0.25, -0.2) is 22.0 Å². The molecular weight excluding hydrogens is 400 g/mol. The lowest BCUT2D eigenvalue weighted by Crippen LogP contribution is -2.14. The lowest BCUT2D eigenvalue weighted by atomic mass is 10.00. The Labute approximate surface area is 166 Å². The molecule has 3 rings (SSSR count). The molecule has 0 heterocycles. The van der Waals surface area contributed by atoms with Gasteiger partial charge in [0, 0.05) is 11.8 Å². The van der Waals surface area contributed by atoms with Gasteiger partial charge in [0.25, 0.3) is 10.0 Å². The molecule has 5 nitrogen and oxygen atoms in total. The molecule has 3 aromatic rings. The molecule has 0 saturated carbocycles. The van der Waals surface area contributed by atoms with E-state index in [1.807, 2.05) is 0 Å².